The number of hydrogen-bond acceptors (Lipinski definition) is 4. The number of piperidine rings is 1. The molecular formula is C21H25N5O2. The van der Waals surface area contributed by atoms with E-state index in [9.17, 15) is 9.90 Å². The summed E-state index contributed by atoms with van der Waals surface area (Å²) < 4.78 is 0. The zero-order valence-electron chi connectivity index (χ0n) is 15.9. The van der Waals surface area contributed by atoms with Gasteiger partial charge in [-0.25, -0.2) is 9.78 Å². The van der Waals surface area contributed by atoms with Gasteiger partial charge in [0.1, 0.15) is 5.82 Å². The molecule has 0 bridgehead atoms. The normalized spacial score (nSPS) is 16.3. The van der Waals surface area contributed by atoms with E-state index in [-0.39, 0.29) is 11.9 Å². The molecule has 28 heavy (non-hydrogen) atoms. The molecule has 0 radical (unpaired) electrons. The molecule has 7 nitrogen and oxygen atoms in total. The van der Waals surface area contributed by atoms with E-state index in [0.717, 1.165) is 35.3 Å². The van der Waals surface area contributed by atoms with Crippen molar-refractivity contribution in [2.75, 3.05) is 13.1 Å². The first kappa shape index (κ1) is 18.4. The molecular weight excluding hydrogens is 354 g/mol. The number of nitrogens with one attached hydrogen (secondary N) is 2. The summed E-state index contributed by atoms with van der Waals surface area (Å²) >= 11 is 0. The second-order valence-corrected chi connectivity index (χ2v) is 7.36. The molecule has 0 aliphatic carbocycles. The van der Waals surface area contributed by atoms with Crippen LogP contribution in [-0.2, 0) is 6.54 Å². The number of aryl methyl sites for hydroxylation is 1. The number of likely N-dealkylation sites (tertiary alicyclic amines) is 1. The van der Waals surface area contributed by atoms with Crippen LogP contribution in [-0.4, -0.2) is 44.1 Å². The Morgan fingerprint density at radius 2 is 2.14 bits per heavy atom. The van der Waals surface area contributed by atoms with E-state index < -0.39 is 6.10 Å². The number of imidazole rings is 1. The van der Waals surface area contributed by atoms with Crippen LogP contribution in [0.15, 0.2) is 42.6 Å². The summed E-state index contributed by atoms with van der Waals surface area (Å²) in [6, 6.07) is 11.5. The molecule has 3 heterocycles. The fraction of sp³-hybridized carbons (Fsp3) is 0.381. The Hall–Kier alpha value is -2.93. The van der Waals surface area contributed by atoms with Gasteiger partial charge in [-0.2, -0.15) is 0 Å². The SMILES string of the molecule is Cc1nc2ccc(CNC(=O)N3CCC([C@H](O)c4ccccn4)CC3)cc2[nH]1. The average molecular weight is 379 g/mol. The number of benzene rings is 1. The van der Waals surface area contributed by atoms with Crippen LogP contribution in [0.1, 0.15) is 36.0 Å². The first-order valence-corrected chi connectivity index (χ1v) is 9.67. The van der Waals surface area contributed by atoms with Gasteiger partial charge in [-0.1, -0.05) is 12.1 Å². The Bertz CT molecular complexity index is 948. The van der Waals surface area contributed by atoms with Gasteiger partial charge in [-0.05, 0) is 55.5 Å². The van der Waals surface area contributed by atoms with E-state index >= 15 is 0 Å². The van der Waals surface area contributed by atoms with Crippen molar-refractivity contribution in [2.24, 2.45) is 5.92 Å². The largest absolute Gasteiger partial charge is 0.387 e. The Balaban J connectivity index is 1.29. The molecule has 1 aromatic carbocycles. The highest BCUT2D eigenvalue weighted by Crippen LogP contribution is 2.29. The number of amides is 2. The van der Waals surface area contributed by atoms with Crippen LogP contribution in [0, 0.1) is 12.8 Å². The van der Waals surface area contributed by atoms with Crippen molar-refractivity contribution in [2.45, 2.75) is 32.4 Å². The number of fused-ring (bicyclic) bond motifs is 1. The Morgan fingerprint density at radius 1 is 1.32 bits per heavy atom. The number of hydrogen-bond donors (Lipinski definition) is 3. The molecule has 4 rings (SSSR count). The van der Waals surface area contributed by atoms with Gasteiger partial charge in [0.15, 0.2) is 0 Å². The highest BCUT2D eigenvalue weighted by Gasteiger charge is 2.28. The molecule has 3 aromatic rings. The summed E-state index contributed by atoms with van der Waals surface area (Å²) in [6.45, 7) is 3.68. The summed E-state index contributed by atoms with van der Waals surface area (Å²) in [5.41, 5.74) is 3.65. The number of H-pyrrole nitrogens is 1. The fourth-order valence-electron chi connectivity index (χ4n) is 3.79. The minimum Gasteiger partial charge on any atom is -0.387 e. The zero-order valence-corrected chi connectivity index (χ0v) is 15.9. The van der Waals surface area contributed by atoms with Gasteiger partial charge in [-0.15, -0.1) is 0 Å². The van der Waals surface area contributed by atoms with Gasteiger partial charge in [0.05, 0.1) is 22.8 Å². The van der Waals surface area contributed by atoms with Gasteiger partial charge in [0.25, 0.3) is 0 Å². The van der Waals surface area contributed by atoms with E-state index in [4.69, 9.17) is 0 Å². The van der Waals surface area contributed by atoms with Crippen molar-refractivity contribution < 1.29 is 9.90 Å². The van der Waals surface area contributed by atoms with Crippen molar-refractivity contribution in [3.63, 3.8) is 0 Å². The van der Waals surface area contributed by atoms with Crippen molar-refractivity contribution in [1.29, 1.82) is 0 Å². The van der Waals surface area contributed by atoms with Gasteiger partial charge >= 0.3 is 6.03 Å². The molecule has 3 N–H and O–H groups in total. The van der Waals surface area contributed by atoms with Crippen LogP contribution in [0.4, 0.5) is 4.79 Å². The van der Waals surface area contributed by atoms with Crippen LogP contribution in [0.2, 0.25) is 0 Å². The van der Waals surface area contributed by atoms with Crippen molar-refractivity contribution in [3.8, 4) is 0 Å². The Morgan fingerprint density at radius 3 is 2.89 bits per heavy atom. The van der Waals surface area contributed by atoms with Gasteiger partial charge in [0, 0.05) is 25.8 Å². The number of carbonyl (C=O) groups is 1. The zero-order chi connectivity index (χ0) is 19.5. The van der Waals surface area contributed by atoms with Gasteiger partial charge < -0.3 is 20.3 Å². The van der Waals surface area contributed by atoms with Crippen LogP contribution in [0.5, 0.6) is 0 Å². The lowest BCUT2D eigenvalue weighted by atomic mass is 9.89. The summed E-state index contributed by atoms with van der Waals surface area (Å²) in [5, 5.41) is 13.5. The number of aliphatic hydroxyl groups excluding tert-OH is 1. The second-order valence-electron chi connectivity index (χ2n) is 7.36. The number of aromatic amines is 1. The topological polar surface area (TPSA) is 94.1 Å². The van der Waals surface area contributed by atoms with Crippen molar-refractivity contribution >= 4 is 17.1 Å². The highest BCUT2D eigenvalue weighted by molar-refractivity contribution is 5.77. The van der Waals surface area contributed by atoms with Gasteiger partial charge in [0.2, 0.25) is 0 Å². The number of urea groups is 1. The minimum atomic E-state index is -0.573. The molecule has 1 aliphatic heterocycles. The lowest BCUT2D eigenvalue weighted by Crippen LogP contribution is -2.45. The maximum absolute atomic E-state index is 12.5. The minimum absolute atomic E-state index is 0.0633. The first-order valence-electron chi connectivity index (χ1n) is 9.67. The predicted octanol–water partition coefficient (Wildman–Crippen LogP) is 2.92. The molecule has 2 amide bonds. The molecule has 0 spiro atoms. The fourth-order valence-corrected chi connectivity index (χ4v) is 3.79. The van der Waals surface area contributed by atoms with Crippen LogP contribution < -0.4 is 5.32 Å². The molecule has 1 saturated heterocycles. The van der Waals surface area contributed by atoms with Crippen LogP contribution in [0.3, 0.4) is 0 Å². The van der Waals surface area contributed by atoms with Gasteiger partial charge in [-0.3, -0.25) is 4.98 Å². The second kappa shape index (κ2) is 7.98. The predicted molar refractivity (Wildman–Crippen MR) is 107 cm³/mol. The third-order valence-corrected chi connectivity index (χ3v) is 5.37. The van der Waals surface area contributed by atoms with Crippen LogP contribution >= 0.6 is 0 Å². The lowest BCUT2D eigenvalue weighted by Gasteiger charge is -2.34. The van der Waals surface area contributed by atoms with E-state index in [1.807, 2.05) is 48.2 Å². The van der Waals surface area contributed by atoms with Crippen molar-refractivity contribution in [1.82, 2.24) is 25.2 Å². The first-order chi connectivity index (χ1) is 13.6. The maximum Gasteiger partial charge on any atom is 0.317 e. The molecule has 146 valence electrons. The highest BCUT2D eigenvalue weighted by atomic mass is 16.3. The van der Waals surface area contributed by atoms with E-state index in [2.05, 4.69) is 20.3 Å². The molecule has 0 unspecified atom stereocenters. The third kappa shape index (κ3) is 3.99. The number of aromatic nitrogens is 3. The molecule has 1 fully saturated rings. The Kier molecular flexibility index (Phi) is 5.25. The average Bonchev–Trinajstić information content (AvgIpc) is 3.11. The van der Waals surface area contributed by atoms with Crippen molar-refractivity contribution in [3.05, 3.63) is 59.7 Å². The lowest BCUT2D eigenvalue weighted by molar-refractivity contribution is 0.0635. The number of aliphatic hydroxyl groups is 1. The van der Waals surface area contributed by atoms with E-state index in [1.165, 1.54) is 0 Å². The molecule has 7 heteroatoms. The standard InChI is InChI=1S/C21H25N5O2/c1-14-24-17-6-5-15(12-19(17)25-14)13-23-21(28)26-10-7-16(8-11-26)20(27)18-4-2-3-9-22-18/h2-6,9,12,16,20,27H,7-8,10-11,13H2,1H3,(H,23,28)(H,24,25)/t20-/m0/s1. The molecule has 0 saturated carbocycles. The third-order valence-electron chi connectivity index (χ3n) is 5.37. The summed E-state index contributed by atoms with van der Waals surface area (Å²) in [7, 11) is 0. The summed E-state index contributed by atoms with van der Waals surface area (Å²) in [6.07, 6.45) is 2.66. The van der Waals surface area contributed by atoms with Crippen LogP contribution in [0.25, 0.3) is 11.0 Å². The molecule has 2 aromatic heterocycles. The number of carbonyl (C=O) groups excluding carboxylic acids is 1. The molecule has 1 aliphatic rings. The Labute approximate surface area is 163 Å². The number of nitrogens with zero attached hydrogens (tertiary/aromatic N) is 3. The summed E-state index contributed by atoms with van der Waals surface area (Å²) in [4.78, 5) is 26.2. The number of rotatable bonds is 4. The molecule has 1 atom stereocenters. The maximum atomic E-state index is 12.5. The quantitative estimate of drug-likeness (QED) is 0.650. The number of pyridine rings is 1. The van der Waals surface area contributed by atoms with E-state index in [1.54, 1.807) is 6.20 Å². The summed E-state index contributed by atoms with van der Waals surface area (Å²) in [5.74, 6) is 1.01. The van der Waals surface area contributed by atoms with E-state index in [0.29, 0.717) is 25.3 Å². The smallest absolute Gasteiger partial charge is 0.317 e. The monoisotopic (exact) mass is 379 g/mol.